The van der Waals surface area contributed by atoms with E-state index in [1.54, 1.807) is 0 Å². The molecule has 0 aromatic heterocycles. The molecule has 2 aliphatic heterocycles. The highest BCUT2D eigenvalue weighted by atomic mass is 16.2. The predicted molar refractivity (Wildman–Crippen MR) is 118 cm³/mol. The van der Waals surface area contributed by atoms with Crippen LogP contribution in [0.3, 0.4) is 0 Å². The molecule has 2 aromatic carbocycles. The highest BCUT2D eigenvalue weighted by Crippen LogP contribution is 2.37. The highest BCUT2D eigenvalue weighted by molar-refractivity contribution is 6.10. The van der Waals surface area contributed by atoms with Gasteiger partial charge in [-0.1, -0.05) is 43.2 Å². The number of carbonyl (C=O) groups excluding carboxylic acids is 1. The predicted octanol–water partition coefficient (Wildman–Crippen LogP) is 4.54. The first-order valence-electron chi connectivity index (χ1n) is 10.8. The Morgan fingerprint density at radius 3 is 2.48 bits per heavy atom. The third-order valence-corrected chi connectivity index (χ3v) is 6.44. The Balaban J connectivity index is 1.48. The van der Waals surface area contributed by atoms with Crippen molar-refractivity contribution in [1.29, 1.82) is 0 Å². The van der Waals surface area contributed by atoms with E-state index in [4.69, 9.17) is 4.99 Å². The van der Waals surface area contributed by atoms with Gasteiger partial charge in [-0.2, -0.15) is 0 Å². The van der Waals surface area contributed by atoms with Gasteiger partial charge in [-0.05, 0) is 49.9 Å². The van der Waals surface area contributed by atoms with Crippen LogP contribution < -0.4 is 10.6 Å². The van der Waals surface area contributed by atoms with Gasteiger partial charge < -0.3 is 15.5 Å². The van der Waals surface area contributed by atoms with Crippen molar-refractivity contribution in [3.05, 3.63) is 60.2 Å². The van der Waals surface area contributed by atoms with E-state index in [2.05, 4.69) is 28.8 Å². The zero-order chi connectivity index (χ0) is 19.7. The average molecular weight is 389 g/mol. The summed E-state index contributed by atoms with van der Waals surface area (Å²) in [6.07, 6.45) is 6.77. The summed E-state index contributed by atoms with van der Waals surface area (Å²) in [5, 5.41) is 7.42. The van der Waals surface area contributed by atoms with E-state index in [1.165, 1.54) is 12.8 Å². The third kappa shape index (κ3) is 3.50. The van der Waals surface area contributed by atoms with Crippen LogP contribution in [0.25, 0.3) is 0 Å². The normalized spacial score (nSPS) is 25.5. The molecule has 2 aromatic rings. The number of amidine groups is 1. The highest BCUT2D eigenvalue weighted by Gasteiger charge is 2.45. The topological polar surface area (TPSA) is 56.7 Å². The third-order valence-electron chi connectivity index (χ3n) is 6.44. The average Bonchev–Trinajstić information content (AvgIpc) is 3.28. The zero-order valence-electron chi connectivity index (χ0n) is 16.7. The molecule has 0 unspecified atom stereocenters. The monoisotopic (exact) mass is 388 g/mol. The number of para-hydroxylation sites is 2. The van der Waals surface area contributed by atoms with Gasteiger partial charge >= 0.3 is 0 Å². The fraction of sp³-hybridized carbons (Fsp3) is 0.417. The van der Waals surface area contributed by atoms with Crippen LogP contribution in [0.4, 0.5) is 11.4 Å². The lowest BCUT2D eigenvalue weighted by Gasteiger charge is -2.47. The van der Waals surface area contributed by atoms with E-state index in [0.29, 0.717) is 12.6 Å². The minimum atomic E-state index is -0.348. The van der Waals surface area contributed by atoms with Crippen LogP contribution >= 0.6 is 0 Å². The van der Waals surface area contributed by atoms with Crippen molar-refractivity contribution in [1.82, 2.24) is 4.90 Å². The molecule has 1 aliphatic carbocycles. The van der Waals surface area contributed by atoms with Gasteiger partial charge in [0.25, 0.3) is 5.91 Å². The molecule has 5 rings (SSSR count). The van der Waals surface area contributed by atoms with Crippen molar-refractivity contribution in [2.45, 2.75) is 50.1 Å². The summed E-state index contributed by atoms with van der Waals surface area (Å²) >= 11 is 0. The van der Waals surface area contributed by atoms with Crippen LogP contribution in [-0.2, 0) is 0 Å². The summed E-state index contributed by atoms with van der Waals surface area (Å²) in [7, 11) is 0. The van der Waals surface area contributed by atoms with Gasteiger partial charge in [0, 0.05) is 12.1 Å². The van der Waals surface area contributed by atoms with Crippen molar-refractivity contribution in [2.75, 3.05) is 23.7 Å². The number of anilines is 2. The maximum absolute atomic E-state index is 13.2. The molecule has 5 heteroatoms. The summed E-state index contributed by atoms with van der Waals surface area (Å²) in [5.74, 6) is 1.11. The second-order valence-corrected chi connectivity index (χ2v) is 8.49. The Kier molecular flexibility index (Phi) is 4.74. The van der Waals surface area contributed by atoms with E-state index < -0.39 is 0 Å². The van der Waals surface area contributed by atoms with Crippen molar-refractivity contribution in [3.63, 3.8) is 0 Å². The maximum Gasteiger partial charge on any atom is 0.253 e. The van der Waals surface area contributed by atoms with E-state index in [0.717, 1.165) is 55.0 Å². The number of nitrogens with zero attached hydrogens (tertiary/aromatic N) is 2. The Hall–Kier alpha value is -2.82. The van der Waals surface area contributed by atoms with Gasteiger partial charge in [-0.15, -0.1) is 0 Å². The van der Waals surface area contributed by atoms with E-state index in [-0.39, 0.29) is 11.4 Å². The first-order valence-corrected chi connectivity index (χ1v) is 10.8. The van der Waals surface area contributed by atoms with Gasteiger partial charge in [-0.25, -0.2) is 0 Å². The summed E-state index contributed by atoms with van der Waals surface area (Å²) in [5.41, 5.74) is 2.57. The largest absolute Gasteiger partial charge is 0.370 e. The van der Waals surface area contributed by atoms with Crippen molar-refractivity contribution < 1.29 is 4.79 Å². The van der Waals surface area contributed by atoms with Gasteiger partial charge in [-0.3, -0.25) is 9.79 Å². The summed E-state index contributed by atoms with van der Waals surface area (Å²) in [6.45, 7) is 1.42. The number of fused-ring (bicyclic) bond motifs is 1. The molecular weight excluding hydrogens is 360 g/mol. The molecule has 0 bridgehead atoms. The smallest absolute Gasteiger partial charge is 0.253 e. The molecule has 2 heterocycles. The van der Waals surface area contributed by atoms with Gasteiger partial charge in [0.05, 0.1) is 24.0 Å². The van der Waals surface area contributed by atoms with Gasteiger partial charge in [0.2, 0.25) is 0 Å². The van der Waals surface area contributed by atoms with Crippen LogP contribution in [0.1, 0.15) is 48.9 Å². The van der Waals surface area contributed by atoms with Crippen LogP contribution in [-0.4, -0.2) is 41.3 Å². The number of aliphatic imine (C=N–C) groups is 1. The van der Waals surface area contributed by atoms with Gasteiger partial charge in [0.1, 0.15) is 11.4 Å². The molecule has 2 fully saturated rings. The van der Waals surface area contributed by atoms with Crippen molar-refractivity contribution in [2.24, 2.45) is 4.99 Å². The first kappa shape index (κ1) is 18.2. The molecule has 29 heavy (non-hydrogen) atoms. The number of benzene rings is 2. The number of carbonyl (C=O) groups is 1. The minimum absolute atomic E-state index is 0.102. The molecule has 1 atom stereocenters. The number of likely N-dealkylation sites (tertiary alicyclic amines) is 1. The molecule has 1 saturated heterocycles. The minimum Gasteiger partial charge on any atom is -0.370 e. The standard InChI is InChI=1S/C24H28N4O/c29-22(18-9-2-1-3-10-18)28-16-8-15-24(17-28)23(25-19-11-4-5-12-19)26-20-13-6-7-14-21(20)27-24/h1-3,6-7,9-10,13-14,19,27H,4-5,8,11-12,15-17H2,(H,25,26)/t24-/m0/s1. The number of piperidine rings is 1. The fourth-order valence-corrected chi connectivity index (χ4v) is 4.92. The second kappa shape index (κ2) is 7.54. The number of hydrogen-bond acceptors (Lipinski definition) is 3. The molecule has 150 valence electrons. The second-order valence-electron chi connectivity index (χ2n) is 8.49. The lowest BCUT2D eigenvalue weighted by atomic mass is 9.84. The van der Waals surface area contributed by atoms with Crippen molar-refractivity contribution >= 4 is 23.1 Å². The molecule has 1 amide bonds. The van der Waals surface area contributed by atoms with E-state index in [9.17, 15) is 4.79 Å². The molecule has 2 N–H and O–H groups in total. The van der Waals surface area contributed by atoms with E-state index in [1.807, 2.05) is 41.3 Å². The molecule has 0 radical (unpaired) electrons. The lowest BCUT2D eigenvalue weighted by molar-refractivity contribution is 0.0694. The Morgan fingerprint density at radius 1 is 0.966 bits per heavy atom. The first-order chi connectivity index (χ1) is 14.2. The number of nitrogens with one attached hydrogen (secondary N) is 2. The van der Waals surface area contributed by atoms with Gasteiger partial charge in [0.15, 0.2) is 0 Å². The van der Waals surface area contributed by atoms with Crippen LogP contribution in [0, 0.1) is 0 Å². The zero-order valence-corrected chi connectivity index (χ0v) is 16.7. The van der Waals surface area contributed by atoms with E-state index >= 15 is 0 Å². The Morgan fingerprint density at radius 2 is 1.69 bits per heavy atom. The number of rotatable bonds is 2. The Bertz CT molecular complexity index is 919. The quantitative estimate of drug-likeness (QED) is 0.794. The van der Waals surface area contributed by atoms with Crippen LogP contribution in [0.15, 0.2) is 59.6 Å². The molecule has 5 nitrogen and oxygen atoms in total. The molecule has 1 saturated carbocycles. The van der Waals surface area contributed by atoms with Crippen molar-refractivity contribution in [3.8, 4) is 0 Å². The number of hydrogen-bond donors (Lipinski definition) is 2. The van der Waals surface area contributed by atoms with Crippen LogP contribution in [0.2, 0.25) is 0 Å². The lowest BCUT2D eigenvalue weighted by Crippen LogP contribution is -2.62. The fourth-order valence-electron chi connectivity index (χ4n) is 4.92. The summed E-state index contributed by atoms with van der Waals surface area (Å²) in [4.78, 5) is 20.3. The molecular formula is C24H28N4O. The summed E-state index contributed by atoms with van der Waals surface area (Å²) < 4.78 is 0. The summed E-state index contributed by atoms with van der Waals surface area (Å²) in [6, 6.07) is 18.3. The SMILES string of the molecule is O=C(c1ccccc1)N1CCC[C@@]2(C1)Nc1ccccc1NC2=NC1CCCC1. The molecule has 3 aliphatic rings. The van der Waals surface area contributed by atoms with Crippen LogP contribution in [0.5, 0.6) is 0 Å². The maximum atomic E-state index is 13.2. The molecule has 1 spiro atoms. The Labute approximate surface area is 172 Å². The number of amides is 1.